The molecule has 0 spiro atoms. The van der Waals surface area contributed by atoms with Crippen LogP contribution in [0.1, 0.15) is 29.3 Å². The van der Waals surface area contributed by atoms with E-state index in [0.717, 1.165) is 11.3 Å². The van der Waals surface area contributed by atoms with Gasteiger partial charge in [0.1, 0.15) is 12.8 Å². The smallest absolute Gasteiger partial charge is 0.407 e. The molecule has 0 bridgehead atoms. The molecule has 23 heavy (non-hydrogen) atoms. The minimum atomic E-state index is -0.543. The average molecular weight is 313 g/mol. The Balaban J connectivity index is 1.62. The van der Waals surface area contributed by atoms with Crippen molar-refractivity contribution < 1.29 is 14.5 Å². The van der Waals surface area contributed by atoms with Crippen LogP contribution in [-0.4, -0.2) is 16.0 Å². The second-order valence-corrected chi connectivity index (χ2v) is 5.28. The number of carbonyl (C=O) groups is 1. The SMILES string of the molecule is O=C(NC1CCc2ncc([N+](=O)[O-])cc21)OCc1ccccc1. The summed E-state index contributed by atoms with van der Waals surface area (Å²) < 4.78 is 5.18. The van der Waals surface area contributed by atoms with Crippen LogP contribution in [0.3, 0.4) is 0 Å². The van der Waals surface area contributed by atoms with Crippen molar-refractivity contribution in [3.63, 3.8) is 0 Å². The van der Waals surface area contributed by atoms with Crippen LogP contribution in [0.4, 0.5) is 10.5 Å². The van der Waals surface area contributed by atoms with Crippen LogP contribution in [0.2, 0.25) is 0 Å². The summed E-state index contributed by atoms with van der Waals surface area (Å²) in [7, 11) is 0. The molecule has 1 aliphatic rings. The van der Waals surface area contributed by atoms with Gasteiger partial charge in [0, 0.05) is 17.3 Å². The van der Waals surface area contributed by atoms with E-state index in [2.05, 4.69) is 10.3 Å². The Morgan fingerprint density at radius 3 is 2.91 bits per heavy atom. The van der Waals surface area contributed by atoms with Gasteiger partial charge >= 0.3 is 6.09 Å². The number of benzene rings is 1. The van der Waals surface area contributed by atoms with Crippen molar-refractivity contribution in [3.8, 4) is 0 Å². The van der Waals surface area contributed by atoms with E-state index in [1.165, 1.54) is 12.3 Å². The maximum atomic E-state index is 11.9. The quantitative estimate of drug-likeness (QED) is 0.692. The van der Waals surface area contributed by atoms with Crippen molar-refractivity contribution >= 4 is 11.8 Å². The van der Waals surface area contributed by atoms with Crippen molar-refractivity contribution in [2.24, 2.45) is 0 Å². The van der Waals surface area contributed by atoms with Gasteiger partial charge in [-0.15, -0.1) is 0 Å². The van der Waals surface area contributed by atoms with Crippen LogP contribution in [0.15, 0.2) is 42.6 Å². The maximum absolute atomic E-state index is 11.9. The zero-order valence-electron chi connectivity index (χ0n) is 12.3. The Labute approximate surface area is 132 Å². The Hall–Kier alpha value is -2.96. The lowest BCUT2D eigenvalue weighted by atomic mass is 10.1. The third-order valence-electron chi connectivity index (χ3n) is 3.75. The molecule has 0 saturated carbocycles. The van der Waals surface area contributed by atoms with Gasteiger partial charge in [-0.25, -0.2) is 4.79 Å². The number of rotatable bonds is 4. The van der Waals surface area contributed by atoms with Crippen molar-refractivity contribution in [2.45, 2.75) is 25.5 Å². The predicted molar refractivity (Wildman–Crippen MR) is 81.7 cm³/mol. The fourth-order valence-electron chi connectivity index (χ4n) is 2.60. The minimum Gasteiger partial charge on any atom is -0.445 e. The molecule has 7 nitrogen and oxygen atoms in total. The van der Waals surface area contributed by atoms with Gasteiger partial charge < -0.3 is 10.1 Å². The second kappa shape index (κ2) is 6.43. The number of nitro groups is 1. The van der Waals surface area contributed by atoms with Gasteiger partial charge in [0.2, 0.25) is 0 Å². The first-order valence-electron chi connectivity index (χ1n) is 7.24. The molecule has 7 heteroatoms. The zero-order valence-corrected chi connectivity index (χ0v) is 12.3. The molecule has 1 unspecified atom stereocenters. The lowest BCUT2D eigenvalue weighted by molar-refractivity contribution is -0.385. The third-order valence-corrected chi connectivity index (χ3v) is 3.75. The molecule has 1 heterocycles. The zero-order chi connectivity index (χ0) is 16.2. The van der Waals surface area contributed by atoms with E-state index in [0.29, 0.717) is 18.4 Å². The van der Waals surface area contributed by atoms with Gasteiger partial charge in [0.05, 0.1) is 11.0 Å². The summed E-state index contributed by atoms with van der Waals surface area (Å²) in [6, 6.07) is 10.5. The molecule has 0 radical (unpaired) electrons. The lowest BCUT2D eigenvalue weighted by Gasteiger charge is -2.13. The topological polar surface area (TPSA) is 94.4 Å². The summed E-state index contributed by atoms with van der Waals surface area (Å²) in [6.45, 7) is 0.180. The number of alkyl carbamates (subject to hydrolysis) is 1. The van der Waals surface area contributed by atoms with Gasteiger partial charge in [-0.2, -0.15) is 0 Å². The van der Waals surface area contributed by atoms with Crippen molar-refractivity contribution in [2.75, 3.05) is 0 Å². The molecule has 1 aromatic heterocycles. The molecule has 1 aromatic carbocycles. The number of amides is 1. The van der Waals surface area contributed by atoms with Crippen molar-refractivity contribution in [1.82, 2.24) is 10.3 Å². The number of pyridine rings is 1. The summed E-state index contributed by atoms with van der Waals surface area (Å²) in [5.41, 5.74) is 2.29. The van der Waals surface area contributed by atoms with E-state index >= 15 is 0 Å². The average Bonchev–Trinajstić information content (AvgIpc) is 2.96. The highest BCUT2D eigenvalue weighted by Crippen LogP contribution is 2.32. The van der Waals surface area contributed by atoms with Crippen molar-refractivity contribution in [3.05, 3.63) is 69.5 Å². The Bertz CT molecular complexity index is 733. The van der Waals surface area contributed by atoms with Gasteiger partial charge in [-0.05, 0) is 18.4 Å². The normalized spacial score (nSPS) is 15.7. The number of ether oxygens (including phenoxy) is 1. The molecule has 118 valence electrons. The van der Waals surface area contributed by atoms with Gasteiger partial charge in [-0.1, -0.05) is 30.3 Å². The molecule has 3 rings (SSSR count). The van der Waals surface area contributed by atoms with E-state index in [4.69, 9.17) is 4.74 Å². The molecular formula is C16H15N3O4. The number of fused-ring (bicyclic) bond motifs is 1. The molecule has 1 amide bonds. The fourth-order valence-corrected chi connectivity index (χ4v) is 2.60. The molecular weight excluding hydrogens is 298 g/mol. The van der Waals surface area contributed by atoms with Crippen LogP contribution in [0, 0.1) is 10.1 Å². The van der Waals surface area contributed by atoms with Crippen LogP contribution in [0.5, 0.6) is 0 Å². The van der Waals surface area contributed by atoms with Gasteiger partial charge in [-0.3, -0.25) is 15.1 Å². The fraction of sp³-hybridized carbons (Fsp3) is 0.250. The van der Waals surface area contributed by atoms with Gasteiger partial charge in [0.25, 0.3) is 5.69 Å². The highest BCUT2D eigenvalue weighted by atomic mass is 16.6. The van der Waals surface area contributed by atoms with Crippen LogP contribution >= 0.6 is 0 Å². The molecule has 1 N–H and O–H groups in total. The Morgan fingerprint density at radius 1 is 1.39 bits per heavy atom. The maximum Gasteiger partial charge on any atom is 0.407 e. The number of hydrogen-bond donors (Lipinski definition) is 1. The van der Waals surface area contributed by atoms with E-state index in [1.807, 2.05) is 30.3 Å². The Kier molecular flexibility index (Phi) is 4.18. The highest BCUT2D eigenvalue weighted by molar-refractivity contribution is 5.68. The number of nitrogens with zero attached hydrogens (tertiary/aromatic N) is 2. The first-order valence-corrected chi connectivity index (χ1v) is 7.24. The molecule has 0 fully saturated rings. The predicted octanol–water partition coefficient (Wildman–Crippen LogP) is 2.90. The van der Waals surface area contributed by atoms with E-state index in [9.17, 15) is 14.9 Å². The summed E-state index contributed by atoms with van der Waals surface area (Å²) in [5, 5.41) is 13.6. The number of hydrogen-bond acceptors (Lipinski definition) is 5. The van der Waals surface area contributed by atoms with Crippen LogP contribution in [0.25, 0.3) is 0 Å². The summed E-state index contributed by atoms with van der Waals surface area (Å²) in [6.07, 6.45) is 2.04. The summed E-state index contributed by atoms with van der Waals surface area (Å²) in [5.74, 6) is 0. The first kappa shape index (κ1) is 15.0. The number of carbonyl (C=O) groups excluding carboxylic acids is 1. The third kappa shape index (κ3) is 3.45. The van der Waals surface area contributed by atoms with Crippen LogP contribution in [-0.2, 0) is 17.8 Å². The number of aryl methyl sites for hydroxylation is 1. The second-order valence-electron chi connectivity index (χ2n) is 5.28. The Morgan fingerprint density at radius 2 is 2.17 bits per heavy atom. The number of aromatic nitrogens is 1. The summed E-state index contributed by atoms with van der Waals surface area (Å²) >= 11 is 0. The first-order chi connectivity index (χ1) is 11.1. The molecule has 0 aliphatic heterocycles. The lowest BCUT2D eigenvalue weighted by Crippen LogP contribution is -2.27. The van der Waals surface area contributed by atoms with Crippen molar-refractivity contribution in [1.29, 1.82) is 0 Å². The minimum absolute atomic E-state index is 0.0740. The van der Waals surface area contributed by atoms with Crippen LogP contribution < -0.4 is 5.32 Å². The molecule has 2 aromatic rings. The number of nitrogens with one attached hydrogen (secondary N) is 1. The monoisotopic (exact) mass is 313 g/mol. The molecule has 1 aliphatic carbocycles. The highest BCUT2D eigenvalue weighted by Gasteiger charge is 2.27. The molecule has 0 saturated heterocycles. The molecule has 1 atom stereocenters. The van der Waals surface area contributed by atoms with E-state index in [-0.39, 0.29) is 18.3 Å². The van der Waals surface area contributed by atoms with E-state index in [1.54, 1.807) is 0 Å². The van der Waals surface area contributed by atoms with Gasteiger partial charge in [0.15, 0.2) is 0 Å². The summed E-state index contributed by atoms with van der Waals surface area (Å²) in [4.78, 5) is 26.4. The standard InChI is InChI=1S/C16H15N3O4/c20-16(23-10-11-4-2-1-3-5-11)18-15-7-6-14-13(15)8-12(9-17-14)19(21)22/h1-5,8-9,15H,6-7,10H2,(H,18,20). The van der Waals surface area contributed by atoms with E-state index < -0.39 is 11.0 Å². The largest absolute Gasteiger partial charge is 0.445 e.